The Kier molecular flexibility index (Phi) is 15.1. The van der Waals surface area contributed by atoms with Crippen molar-refractivity contribution in [1.29, 1.82) is 0 Å². The van der Waals surface area contributed by atoms with E-state index in [9.17, 15) is 22.0 Å². The van der Waals surface area contributed by atoms with Gasteiger partial charge in [-0.3, -0.25) is 0 Å². The zero-order valence-corrected chi connectivity index (χ0v) is 32.8. The van der Waals surface area contributed by atoms with Gasteiger partial charge in [0.05, 0.1) is 29.0 Å². The van der Waals surface area contributed by atoms with Gasteiger partial charge in [-0.2, -0.15) is 8.78 Å². The summed E-state index contributed by atoms with van der Waals surface area (Å²) in [4.78, 5) is 0.463. The molecule has 0 saturated heterocycles. The van der Waals surface area contributed by atoms with Crippen LogP contribution in [0.15, 0.2) is 46.9 Å². The summed E-state index contributed by atoms with van der Waals surface area (Å²) in [6.45, 7) is 7.45. The largest absolute Gasteiger partial charge is 0.491 e. The summed E-state index contributed by atoms with van der Waals surface area (Å²) >= 11 is 4.04. The molecule has 10 heteroatoms. The van der Waals surface area contributed by atoms with E-state index in [1.165, 1.54) is 75.6 Å². The van der Waals surface area contributed by atoms with Crippen LogP contribution in [0.3, 0.4) is 0 Å². The monoisotopic (exact) mass is 808 g/mol. The quantitative estimate of drug-likeness (QED) is 0.0994. The number of hydrogen-bond acceptors (Lipinski definition) is 4. The lowest BCUT2D eigenvalue weighted by Crippen LogP contribution is -2.20. The predicted octanol–water partition coefficient (Wildman–Crippen LogP) is 14.1. The molecule has 0 amide bonds. The summed E-state index contributed by atoms with van der Waals surface area (Å²) < 4.78 is 88.3. The molecule has 6 rings (SSSR count). The molecule has 2 aliphatic carbocycles. The molecular formula is C42H50BrF5O3S. The van der Waals surface area contributed by atoms with Crippen molar-refractivity contribution >= 4 is 37.4 Å². The van der Waals surface area contributed by atoms with Crippen LogP contribution < -0.4 is 14.2 Å². The normalized spacial score (nSPS) is 20.3. The standard InChI is InChI=1S/C26H29F3O2S.C16H21BrF2O/c1-3-5-16-6-8-17(9-7-16)15-31-20-13-11-19(23(27)24(20)28)22-14-18-10-12-21(30-4-2)25(29)26(18)32-22;1-2-3-11-4-6-12(7-5-11)10-20-14-9-8-13(17)15(18)16(14)19/h10-14,16-17H,3-9,15H2,1-2H3;8-9,11-12H,2-7,10H2,1H3. The zero-order valence-electron chi connectivity index (χ0n) is 30.4. The fraction of sp³-hybridized carbons (Fsp3) is 0.524. The second-order valence-electron chi connectivity index (χ2n) is 14.2. The minimum atomic E-state index is -0.991. The second-order valence-corrected chi connectivity index (χ2v) is 16.1. The van der Waals surface area contributed by atoms with Crippen molar-refractivity contribution in [3.63, 3.8) is 0 Å². The molecule has 0 bridgehead atoms. The average Bonchev–Trinajstić information content (AvgIpc) is 3.59. The van der Waals surface area contributed by atoms with Gasteiger partial charge in [0, 0.05) is 10.4 Å². The number of rotatable bonds is 13. The molecule has 3 nitrogen and oxygen atoms in total. The lowest BCUT2D eigenvalue weighted by molar-refractivity contribution is 0.173. The maximum atomic E-state index is 14.9. The van der Waals surface area contributed by atoms with E-state index in [-0.39, 0.29) is 27.3 Å². The average molecular weight is 810 g/mol. The van der Waals surface area contributed by atoms with Crippen LogP contribution >= 0.6 is 27.3 Å². The van der Waals surface area contributed by atoms with E-state index in [1.54, 1.807) is 25.1 Å². The highest BCUT2D eigenvalue weighted by atomic mass is 79.9. The van der Waals surface area contributed by atoms with E-state index in [4.69, 9.17) is 14.2 Å². The van der Waals surface area contributed by atoms with Crippen molar-refractivity contribution < 1.29 is 36.2 Å². The molecule has 0 atom stereocenters. The third kappa shape index (κ3) is 10.2. The van der Waals surface area contributed by atoms with Crippen molar-refractivity contribution in [2.24, 2.45) is 23.7 Å². The van der Waals surface area contributed by atoms with Gasteiger partial charge in [-0.05, 0) is 120 Å². The van der Waals surface area contributed by atoms with E-state index in [2.05, 4.69) is 29.8 Å². The van der Waals surface area contributed by atoms with Gasteiger partial charge in [0.2, 0.25) is 11.6 Å². The Morgan fingerprint density at radius 2 is 1.06 bits per heavy atom. The maximum Gasteiger partial charge on any atom is 0.201 e. The van der Waals surface area contributed by atoms with Crippen LogP contribution in [-0.2, 0) is 0 Å². The zero-order chi connectivity index (χ0) is 37.2. The lowest BCUT2D eigenvalue weighted by atomic mass is 9.80. The molecule has 0 unspecified atom stereocenters. The number of benzene rings is 3. The molecule has 3 aromatic carbocycles. The summed E-state index contributed by atoms with van der Waals surface area (Å²) in [6.07, 6.45) is 14.3. The van der Waals surface area contributed by atoms with E-state index in [1.807, 2.05) is 0 Å². The molecule has 52 heavy (non-hydrogen) atoms. The first kappa shape index (κ1) is 40.3. The van der Waals surface area contributed by atoms with Crippen molar-refractivity contribution in [3.8, 4) is 27.7 Å². The van der Waals surface area contributed by atoms with Crippen LogP contribution in [0.5, 0.6) is 17.2 Å². The molecule has 0 aliphatic heterocycles. The smallest absolute Gasteiger partial charge is 0.201 e. The van der Waals surface area contributed by atoms with Crippen LogP contribution in [0.25, 0.3) is 20.5 Å². The molecule has 1 aromatic heterocycles. The van der Waals surface area contributed by atoms with Crippen molar-refractivity contribution in [3.05, 3.63) is 76.0 Å². The molecule has 1 heterocycles. The highest BCUT2D eigenvalue weighted by Crippen LogP contribution is 2.41. The second kappa shape index (κ2) is 19.5. The first-order valence-corrected chi connectivity index (χ1v) is 20.5. The third-order valence-corrected chi connectivity index (χ3v) is 12.3. The van der Waals surface area contributed by atoms with E-state index in [0.717, 1.165) is 48.9 Å². The van der Waals surface area contributed by atoms with E-state index >= 15 is 0 Å². The number of hydrogen-bond donors (Lipinski definition) is 0. The van der Waals surface area contributed by atoms with Crippen LogP contribution in [-0.4, -0.2) is 19.8 Å². The summed E-state index contributed by atoms with van der Waals surface area (Å²) in [5.41, 5.74) is 0.105. The fourth-order valence-corrected chi connectivity index (χ4v) is 8.92. The SMILES string of the molecule is CCCC1CCC(COc2ccc(-c3cc4ccc(OCC)c(F)c4s3)c(F)c2F)CC1.CCCC1CCC(COc2ccc(Br)c(F)c2F)CC1. The lowest BCUT2D eigenvalue weighted by Gasteiger charge is -2.28. The van der Waals surface area contributed by atoms with Crippen LogP contribution in [0, 0.1) is 52.8 Å². The van der Waals surface area contributed by atoms with E-state index in [0.29, 0.717) is 46.6 Å². The molecular weight excluding hydrogens is 759 g/mol. The first-order chi connectivity index (χ1) is 25.1. The Labute approximate surface area is 317 Å². The Hall–Kier alpha value is -2.85. The van der Waals surface area contributed by atoms with E-state index < -0.39 is 29.1 Å². The Morgan fingerprint density at radius 1 is 0.577 bits per heavy atom. The summed E-state index contributed by atoms with van der Waals surface area (Å²) in [5.74, 6) is -1.62. The highest BCUT2D eigenvalue weighted by molar-refractivity contribution is 9.10. The number of thiophene rings is 1. The highest BCUT2D eigenvalue weighted by Gasteiger charge is 2.24. The van der Waals surface area contributed by atoms with Gasteiger partial charge in [0.25, 0.3) is 0 Å². The van der Waals surface area contributed by atoms with Gasteiger partial charge >= 0.3 is 0 Å². The fourth-order valence-electron chi connectivity index (χ4n) is 7.51. The Balaban J connectivity index is 0.000000225. The summed E-state index contributed by atoms with van der Waals surface area (Å²) in [6, 6.07) is 10.9. The minimum Gasteiger partial charge on any atom is -0.491 e. The molecule has 0 spiro atoms. The Morgan fingerprint density at radius 3 is 1.60 bits per heavy atom. The predicted molar refractivity (Wildman–Crippen MR) is 204 cm³/mol. The Bertz CT molecular complexity index is 1750. The van der Waals surface area contributed by atoms with Crippen LogP contribution in [0.1, 0.15) is 97.8 Å². The third-order valence-electron chi connectivity index (χ3n) is 10.5. The molecule has 4 aromatic rings. The van der Waals surface area contributed by atoms with Gasteiger partial charge in [-0.1, -0.05) is 65.2 Å². The topological polar surface area (TPSA) is 27.7 Å². The molecule has 2 saturated carbocycles. The molecule has 2 fully saturated rings. The van der Waals surface area contributed by atoms with Crippen LogP contribution in [0.2, 0.25) is 0 Å². The van der Waals surface area contributed by atoms with Crippen LogP contribution in [0.4, 0.5) is 22.0 Å². The summed E-state index contributed by atoms with van der Waals surface area (Å²) in [5, 5.41) is 0.629. The minimum absolute atomic E-state index is 0.0152. The number of halogens is 6. The van der Waals surface area contributed by atoms with Gasteiger partial charge in [-0.15, -0.1) is 11.3 Å². The molecule has 0 N–H and O–H groups in total. The van der Waals surface area contributed by atoms with Gasteiger partial charge < -0.3 is 14.2 Å². The molecule has 0 radical (unpaired) electrons. The molecule has 284 valence electrons. The van der Waals surface area contributed by atoms with Crippen molar-refractivity contribution in [1.82, 2.24) is 0 Å². The van der Waals surface area contributed by atoms with Gasteiger partial charge in [0.15, 0.2) is 34.7 Å². The first-order valence-electron chi connectivity index (χ1n) is 18.9. The maximum absolute atomic E-state index is 14.9. The van der Waals surface area contributed by atoms with Crippen molar-refractivity contribution in [2.75, 3.05) is 19.8 Å². The summed E-state index contributed by atoms with van der Waals surface area (Å²) in [7, 11) is 0. The van der Waals surface area contributed by atoms with Gasteiger partial charge in [0.1, 0.15) is 0 Å². The van der Waals surface area contributed by atoms with Crippen molar-refractivity contribution in [2.45, 2.75) is 97.8 Å². The molecule has 2 aliphatic rings. The number of ether oxygens (including phenoxy) is 3. The van der Waals surface area contributed by atoms with Gasteiger partial charge in [-0.25, -0.2) is 13.2 Å². The number of fused-ring (bicyclic) bond motifs is 1.